The molecule has 0 unspecified atom stereocenters. The highest BCUT2D eigenvalue weighted by atomic mass is 32.2. The van der Waals surface area contributed by atoms with Crippen LogP contribution in [0.1, 0.15) is 32.3 Å². The Bertz CT molecular complexity index is 960. The zero-order chi connectivity index (χ0) is 20.9. The van der Waals surface area contributed by atoms with Crippen LogP contribution in [0.4, 0.5) is 5.69 Å². The van der Waals surface area contributed by atoms with Gasteiger partial charge in [-0.2, -0.15) is 0 Å². The van der Waals surface area contributed by atoms with Gasteiger partial charge >= 0.3 is 5.97 Å². The van der Waals surface area contributed by atoms with E-state index >= 15 is 0 Å². The van der Waals surface area contributed by atoms with E-state index < -0.39 is 27.9 Å². The lowest BCUT2D eigenvalue weighted by Gasteiger charge is -2.20. The van der Waals surface area contributed by atoms with Crippen LogP contribution in [0.25, 0.3) is 0 Å². The molecule has 2 aromatic carbocycles. The van der Waals surface area contributed by atoms with Gasteiger partial charge in [0.25, 0.3) is 5.91 Å². The molecule has 0 saturated carbocycles. The number of amides is 1. The first kappa shape index (κ1) is 21.4. The number of carbonyl (C=O) groups is 2. The molecule has 9 heteroatoms. The van der Waals surface area contributed by atoms with Crippen LogP contribution in [0.5, 0.6) is 0 Å². The van der Waals surface area contributed by atoms with Crippen molar-refractivity contribution in [3.05, 3.63) is 65.2 Å². The molecule has 0 radical (unpaired) electrons. The van der Waals surface area contributed by atoms with E-state index in [1.165, 1.54) is 32.4 Å². The average Bonchev–Trinajstić information content (AvgIpc) is 2.70. The minimum atomic E-state index is -3.61. The van der Waals surface area contributed by atoms with Gasteiger partial charge in [-0.3, -0.25) is 9.10 Å². The van der Waals surface area contributed by atoms with Crippen LogP contribution < -0.4 is 9.62 Å². The topological polar surface area (TPSA) is 113 Å². The molecule has 1 atom stereocenters. The SMILES string of the molecule is COC(=O)c1cc(C(=O)N[C@H](CO)c2ccccc2)cc(N(C)S(C)(=O)=O)c1. The van der Waals surface area contributed by atoms with E-state index in [9.17, 15) is 23.1 Å². The maximum absolute atomic E-state index is 12.7. The Morgan fingerprint density at radius 2 is 1.75 bits per heavy atom. The summed E-state index contributed by atoms with van der Waals surface area (Å²) < 4.78 is 29.3. The third kappa shape index (κ3) is 5.08. The number of esters is 1. The van der Waals surface area contributed by atoms with E-state index in [0.29, 0.717) is 5.56 Å². The Balaban J connectivity index is 2.42. The van der Waals surface area contributed by atoms with Crippen LogP contribution in [0.3, 0.4) is 0 Å². The van der Waals surface area contributed by atoms with Gasteiger partial charge in [0.05, 0.1) is 37.3 Å². The molecule has 0 fully saturated rings. The third-order valence-electron chi connectivity index (χ3n) is 4.15. The lowest BCUT2D eigenvalue weighted by molar-refractivity contribution is 0.0600. The number of rotatable bonds is 7. The molecular formula is C19H22N2O6S. The fourth-order valence-corrected chi connectivity index (χ4v) is 3.00. The molecule has 0 aliphatic carbocycles. The molecule has 1 amide bonds. The number of methoxy groups -OCH3 is 1. The summed E-state index contributed by atoms with van der Waals surface area (Å²) in [4.78, 5) is 24.7. The molecule has 150 valence electrons. The minimum Gasteiger partial charge on any atom is -0.465 e. The first-order chi connectivity index (χ1) is 13.2. The molecule has 2 N–H and O–H groups in total. The van der Waals surface area contributed by atoms with Crippen molar-refractivity contribution in [3.63, 3.8) is 0 Å². The largest absolute Gasteiger partial charge is 0.465 e. The summed E-state index contributed by atoms with van der Waals surface area (Å²) in [5.41, 5.74) is 0.926. The molecule has 0 saturated heterocycles. The van der Waals surface area contributed by atoms with Gasteiger partial charge < -0.3 is 15.2 Å². The predicted octanol–water partition coefficient (Wildman–Crippen LogP) is 1.33. The van der Waals surface area contributed by atoms with Crippen molar-refractivity contribution in [2.24, 2.45) is 0 Å². The molecule has 0 spiro atoms. The second-order valence-corrected chi connectivity index (χ2v) is 8.12. The van der Waals surface area contributed by atoms with Crippen LogP contribution >= 0.6 is 0 Å². The van der Waals surface area contributed by atoms with Gasteiger partial charge in [0.1, 0.15) is 0 Å². The monoisotopic (exact) mass is 406 g/mol. The van der Waals surface area contributed by atoms with E-state index in [-0.39, 0.29) is 23.4 Å². The van der Waals surface area contributed by atoms with Crippen molar-refractivity contribution >= 4 is 27.6 Å². The van der Waals surface area contributed by atoms with E-state index in [1.807, 2.05) is 6.07 Å². The average molecular weight is 406 g/mol. The van der Waals surface area contributed by atoms with Crippen molar-refractivity contribution in [2.45, 2.75) is 6.04 Å². The number of aliphatic hydroxyl groups is 1. The summed E-state index contributed by atoms with van der Waals surface area (Å²) in [6, 6.07) is 12.2. The van der Waals surface area contributed by atoms with Crippen LogP contribution in [0.15, 0.2) is 48.5 Å². The fourth-order valence-electron chi connectivity index (χ4n) is 2.51. The van der Waals surface area contributed by atoms with Gasteiger partial charge in [0, 0.05) is 12.6 Å². The van der Waals surface area contributed by atoms with Gasteiger partial charge in [0.2, 0.25) is 10.0 Å². The molecule has 2 rings (SSSR count). The summed E-state index contributed by atoms with van der Waals surface area (Å²) in [7, 11) is -1.11. The number of aliphatic hydroxyl groups excluding tert-OH is 1. The van der Waals surface area contributed by atoms with E-state index in [1.54, 1.807) is 24.3 Å². The zero-order valence-electron chi connectivity index (χ0n) is 15.7. The number of hydrogen-bond donors (Lipinski definition) is 2. The number of nitrogens with one attached hydrogen (secondary N) is 1. The van der Waals surface area contributed by atoms with Gasteiger partial charge in [-0.1, -0.05) is 30.3 Å². The fraction of sp³-hybridized carbons (Fsp3) is 0.263. The molecule has 8 nitrogen and oxygen atoms in total. The molecule has 0 heterocycles. The van der Waals surface area contributed by atoms with Crippen molar-refractivity contribution in [2.75, 3.05) is 31.3 Å². The maximum Gasteiger partial charge on any atom is 0.337 e. The number of benzene rings is 2. The summed E-state index contributed by atoms with van der Waals surface area (Å²) >= 11 is 0. The number of sulfonamides is 1. The lowest BCUT2D eigenvalue weighted by Crippen LogP contribution is -2.31. The second kappa shape index (κ2) is 8.85. The Morgan fingerprint density at radius 3 is 2.29 bits per heavy atom. The summed E-state index contributed by atoms with van der Waals surface area (Å²) in [6.07, 6.45) is 1.01. The third-order valence-corrected chi connectivity index (χ3v) is 5.36. The lowest BCUT2D eigenvalue weighted by atomic mass is 10.1. The smallest absolute Gasteiger partial charge is 0.337 e. The number of hydrogen-bond acceptors (Lipinski definition) is 6. The maximum atomic E-state index is 12.7. The van der Waals surface area contributed by atoms with Crippen LogP contribution in [-0.4, -0.2) is 52.4 Å². The highest BCUT2D eigenvalue weighted by Crippen LogP contribution is 2.22. The van der Waals surface area contributed by atoms with Crippen molar-refractivity contribution < 1.29 is 27.9 Å². The number of carbonyl (C=O) groups excluding carboxylic acids is 2. The number of anilines is 1. The van der Waals surface area contributed by atoms with Gasteiger partial charge in [-0.15, -0.1) is 0 Å². The van der Waals surface area contributed by atoms with E-state index in [0.717, 1.165) is 10.6 Å². The predicted molar refractivity (Wildman–Crippen MR) is 105 cm³/mol. The number of ether oxygens (including phenoxy) is 1. The van der Waals surface area contributed by atoms with Crippen LogP contribution in [0.2, 0.25) is 0 Å². The Morgan fingerprint density at radius 1 is 1.14 bits per heavy atom. The molecule has 0 aromatic heterocycles. The minimum absolute atomic E-state index is 0.0286. The molecule has 0 aliphatic rings. The molecule has 2 aromatic rings. The quantitative estimate of drug-likeness (QED) is 0.671. The first-order valence-electron chi connectivity index (χ1n) is 8.31. The Kier molecular flexibility index (Phi) is 6.76. The molecule has 0 bridgehead atoms. The van der Waals surface area contributed by atoms with Gasteiger partial charge in [-0.05, 0) is 23.8 Å². The van der Waals surface area contributed by atoms with E-state index in [2.05, 4.69) is 10.1 Å². The normalized spacial score (nSPS) is 12.1. The number of nitrogens with zero attached hydrogens (tertiary/aromatic N) is 1. The zero-order valence-corrected chi connectivity index (χ0v) is 16.6. The van der Waals surface area contributed by atoms with E-state index in [4.69, 9.17) is 0 Å². The second-order valence-electron chi connectivity index (χ2n) is 6.11. The summed E-state index contributed by atoms with van der Waals surface area (Å²) in [5, 5.41) is 12.3. The summed E-state index contributed by atoms with van der Waals surface area (Å²) in [6.45, 7) is -0.331. The van der Waals surface area contributed by atoms with Crippen molar-refractivity contribution in [3.8, 4) is 0 Å². The van der Waals surface area contributed by atoms with Crippen LogP contribution in [0, 0.1) is 0 Å². The van der Waals surface area contributed by atoms with Gasteiger partial charge in [0.15, 0.2) is 0 Å². The highest BCUT2D eigenvalue weighted by molar-refractivity contribution is 7.92. The van der Waals surface area contributed by atoms with Gasteiger partial charge in [-0.25, -0.2) is 13.2 Å². The van der Waals surface area contributed by atoms with Crippen LogP contribution in [-0.2, 0) is 14.8 Å². The Hall–Kier alpha value is -2.91. The molecule has 0 aliphatic heterocycles. The highest BCUT2D eigenvalue weighted by Gasteiger charge is 2.21. The Labute approximate surface area is 163 Å². The standard InChI is InChI=1S/C19H22N2O6S/c1-21(28(3,25)26)16-10-14(9-15(11-16)19(24)27-2)18(23)20-17(12-22)13-7-5-4-6-8-13/h4-11,17,22H,12H2,1-3H3,(H,20,23)/t17-/m1/s1. The molecular weight excluding hydrogens is 384 g/mol. The molecule has 28 heavy (non-hydrogen) atoms. The van der Waals surface area contributed by atoms with Crippen molar-refractivity contribution in [1.82, 2.24) is 5.32 Å². The van der Waals surface area contributed by atoms with Crippen molar-refractivity contribution in [1.29, 1.82) is 0 Å². The summed E-state index contributed by atoms with van der Waals surface area (Å²) in [5.74, 6) is -1.28. The first-order valence-corrected chi connectivity index (χ1v) is 10.2.